The molecule has 3 rings (SSSR count). The average molecular weight is 354 g/mol. The van der Waals surface area contributed by atoms with Crippen molar-refractivity contribution >= 4 is 15.7 Å². The van der Waals surface area contributed by atoms with Gasteiger partial charge in [0.05, 0.1) is 23.9 Å². The highest BCUT2D eigenvalue weighted by Crippen LogP contribution is 2.24. The fourth-order valence-corrected chi connectivity index (χ4v) is 4.32. The van der Waals surface area contributed by atoms with Gasteiger partial charge in [-0.05, 0) is 18.9 Å². The van der Waals surface area contributed by atoms with Crippen LogP contribution in [-0.2, 0) is 21.2 Å². The highest BCUT2D eigenvalue weighted by Gasteiger charge is 2.30. The monoisotopic (exact) mass is 354 g/mol. The van der Waals surface area contributed by atoms with E-state index in [1.54, 1.807) is 13.1 Å². The summed E-state index contributed by atoms with van der Waals surface area (Å²) in [4.78, 5) is 16.6. The summed E-state index contributed by atoms with van der Waals surface area (Å²) in [6.07, 6.45) is 4.37. The first-order chi connectivity index (χ1) is 11.5. The van der Waals surface area contributed by atoms with E-state index in [1.807, 2.05) is 15.6 Å². The van der Waals surface area contributed by atoms with Gasteiger partial charge in [-0.2, -0.15) is 5.10 Å². The molecule has 1 amide bonds. The van der Waals surface area contributed by atoms with Crippen LogP contribution in [0.3, 0.4) is 0 Å². The van der Waals surface area contributed by atoms with E-state index >= 15 is 0 Å². The first-order valence-electron chi connectivity index (χ1n) is 8.71. The Kier molecular flexibility index (Phi) is 5.24. The summed E-state index contributed by atoms with van der Waals surface area (Å²) in [5, 5.41) is 4.38. The van der Waals surface area contributed by atoms with Gasteiger partial charge in [-0.3, -0.25) is 14.4 Å². The van der Waals surface area contributed by atoms with Gasteiger partial charge in [-0.25, -0.2) is 8.42 Å². The molecule has 0 bridgehead atoms. The summed E-state index contributed by atoms with van der Waals surface area (Å²) >= 11 is 0. The maximum Gasteiger partial charge on any atom is 0.224 e. The van der Waals surface area contributed by atoms with Crippen LogP contribution in [0.5, 0.6) is 0 Å². The summed E-state index contributed by atoms with van der Waals surface area (Å²) in [5.41, 5.74) is 1.05. The zero-order chi connectivity index (χ0) is 17.2. The zero-order valence-electron chi connectivity index (χ0n) is 14.2. The largest absolute Gasteiger partial charge is 0.343 e. The molecule has 1 saturated heterocycles. The third-order valence-corrected chi connectivity index (χ3v) is 6.66. The van der Waals surface area contributed by atoms with Crippen LogP contribution >= 0.6 is 0 Å². The predicted molar refractivity (Wildman–Crippen MR) is 91.3 cm³/mol. The van der Waals surface area contributed by atoms with Crippen LogP contribution < -0.4 is 0 Å². The smallest absolute Gasteiger partial charge is 0.224 e. The molecule has 3 heterocycles. The van der Waals surface area contributed by atoms with E-state index in [0.717, 1.165) is 31.6 Å². The number of hydrogen-bond acceptors (Lipinski definition) is 5. The molecular weight excluding hydrogens is 328 g/mol. The SMILES string of the molecule is CCS(=O)(=O)CCN1Cc2ccnn2[C@@H](CC(=O)N2CCCC2)C1. The summed E-state index contributed by atoms with van der Waals surface area (Å²) in [6, 6.07) is 1.94. The van der Waals surface area contributed by atoms with E-state index in [0.29, 0.717) is 26.1 Å². The van der Waals surface area contributed by atoms with Gasteiger partial charge in [0.1, 0.15) is 0 Å². The van der Waals surface area contributed by atoms with Crippen LogP contribution in [0.1, 0.15) is 37.9 Å². The molecule has 2 aliphatic rings. The lowest BCUT2D eigenvalue weighted by Gasteiger charge is -2.34. The molecule has 0 spiro atoms. The Morgan fingerprint density at radius 2 is 2.08 bits per heavy atom. The highest BCUT2D eigenvalue weighted by molar-refractivity contribution is 7.91. The molecule has 0 saturated carbocycles. The Bertz CT molecular complexity index is 679. The molecule has 1 fully saturated rings. The topological polar surface area (TPSA) is 75.5 Å². The molecule has 0 N–H and O–H groups in total. The number of hydrogen-bond donors (Lipinski definition) is 0. The quantitative estimate of drug-likeness (QED) is 0.751. The maximum atomic E-state index is 12.5. The molecule has 0 unspecified atom stereocenters. The number of fused-ring (bicyclic) bond motifs is 1. The molecule has 0 aliphatic carbocycles. The lowest BCUT2D eigenvalue weighted by Crippen LogP contribution is -2.42. The zero-order valence-corrected chi connectivity index (χ0v) is 15.0. The molecule has 24 heavy (non-hydrogen) atoms. The van der Waals surface area contributed by atoms with Gasteiger partial charge in [0.15, 0.2) is 9.84 Å². The normalized spacial score (nSPS) is 21.9. The number of nitrogens with zero attached hydrogens (tertiary/aromatic N) is 4. The first kappa shape index (κ1) is 17.4. The minimum absolute atomic E-state index is 0.0128. The minimum Gasteiger partial charge on any atom is -0.343 e. The summed E-state index contributed by atoms with van der Waals surface area (Å²) in [7, 11) is -2.98. The molecule has 0 aromatic carbocycles. The lowest BCUT2D eigenvalue weighted by molar-refractivity contribution is -0.131. The maximum absolute atomic E-state index is 12.5. The Morgan fingerprint density at radius 3 is 2.79 bits per heavy atom. The Morgan fingerprint density at radius 1 is 1.33 bits per heavy atom. The number of carbonyl (C=O) groups is 1. The molecule has 1 aromatic rings. The predicted octanol–water partition coefficient (Wildman–Crippen LogP) is 0.687. The van der Waals surface area contributed by atoms with Crippen LogP contribution in [0.25, 0.3) is 0 Å². The van der Waals surface area contributed by atoms with Crippen molar-refractivity contribution in [3.8, 4) is 0 Å². The van der Waals surface area contributed by atoms with E-state index < -0.39 is 9.84 Å². The van der Waals surface area contributed by atoms with Crippen molar-refractivity contribution in [2.45, 2.75) is 38.8 Å². The van der Waals surface area contributed by atoms with E-state index in [9.17, 15) is 13.2 Å². The van der Waals surface area contributed by atoms with Crippen molar-refractivity contribution in [2.24, 2.45) is 0 Å². The second-order valence-electron chi connectivity index (χ2n) is 6.68. The van der Waals surface area contributed by atoms with Crippen molar-refractivity contribution in [3.05, 3.63) is 18.0 Å². The summed E-state index contributed by atoms with van der Waals surface area (Å²) < 4.78 is 25.5. The van der Waals surface area contributed by atoms with E-state index in [2.05, 4.69) is 10.00 Å². The molecule has 8 heteroatoms. The Labute approximate surface area is 143 Å². The second kappa shape index (κ2) is 7.23. The van der Waals surface area contributed by atoms with Gasteiger partial charge in [-0.1, -0.05) is 6.92 Å². The van der Waals surface area contributed by atoms with Crippen LogP contribution in [0.2, 0.25) is 0 Å². The number of likely N-dealkylation sites (tertiary alicyclic amines) is 1. The minimum atomic E-state index is -2.98. The molecule has 0 radical (unpaired) electrons. The van der Waals surface area contributed by atoms with Gasteiger partial charge in [0.2, 0.25) is 5.91 Å². The van der Waals surface area contributed by atoms with Crippen molar-refractivity contribution in [1.29, 1.82) is 0 Å². The second-order valence-corrected chi connectivity index (χ2v) is 9.16. The van der Waals surface area contributed by atoms with Gasteiger partial charge in [0.25, 0.3) is 0 Å². The van der Waals surface area contributed by atoms with Gasteiger partial charge >= 0.3 is 0 Å². The van der Waals surface area contributed by atoms with Crippen LogP contribution in [0.15, 0.2) is 12.3 Å². The molecular formula is C16H26N4O3S. The summed E-state index contributed by atoms with van der Waals surface area (Å²) in [5.74, 6) is 0.530. The third-order valence-electron chi connectivity index (χ3n) is 4.98. The van der Waals surface area contributed by atoms with Crippen molar-refractivity contribution in [1.82, 2.24) is 19.6 Å². The standard InChI is InChI=1S/C16H26N4O3S/c1-2-24(22,23)10-9-18-12-14-5-6-17-20(14)15(13-18)11-16(21)19-7-3-4-8-19/h5-6,15H,2-4,7-13H2,1H3/t15-/m0/s1. The number of carbonyl (C=O) groups excluding carboxylic acids is 1. The molecule has 1 atom stereocenters. The van der Waals surface area contributed by atoms with Crippen molar-refractivity contribution in [3.63, 3.8) is 0 Å². The fraction of sp³-hybridized carbons (Fsp3) is 0.750. The van der Waals surface area contributed by atoms with Crippen molar-refractivity contribution in [2.75, 3.05) is 37.7 Å². The van der Waals surface area contributed by atoms with E-state index in [1.165, 1.54) is 0 Å². The lowest BCUT2D eigenvalue weighted by atomic mass is 10.1. The van der Waals surface area contributed by atoms with Crippen LogP contribution in [-0.4, -0.2) is 71.6 Å². The fourth-order valence-electron chi connectivity index (χ4n) is 3.50. The highest BCUT2D eigenvalue weighted by atomic mass is 32.2. The molecule has 1 aromatic heterocycles. The van der Waals surface area contributed by atoms with Gasteiger partial charge in [-0.15, -0.1) is 0 Å². The number of sulfone groups is 1. The van der Waals surface area contributed by atoms with Crippen LogP contribution in [0, 0.1) is 0 Å². The molecule has 134 valence electrons. The Balaban J connectivity index is 1.66. The molecule has 7 nitrogen and oxygen atoms in total. The molecule has 2 aliphatic heterocycles. The third kappa shape index (κ3) is 3.97. The first-order valence-corrected chi connectivity index (χ1v) is 10.5. The van der Waals surface area contributed by atoms with E-state index in [-0.39, 0.29) is 23.5 Å². The van der Waals surface area contributed by atoms with Gasteiger partial charge < -0.3 is 4.90 Å². The average Bonchev–Trinajstić information content (AvgIpc) is 3.24. The van der Waals surface area contributed by atoms with Crippen LogP contribution in [0.4, 0.5) is 0 Å². The number of aromatic nitrogens is 2. The summed E-state index contributed by atoms with van der Waals surface area (Å²) in [6.45, 7) is 5.26. The number of rotatable bonds is 6. The van der Waals surface area contributed by atoms with Crippen molar-refractivity contribution < 1.29 is 13.2 Å². The Hall–Kier alpha value is -1.41. The van der Waals surface area contributed by atoms with Gasteiger partial charge in [0, 0.05) is 44.7 Å². The number of amides is 1. The van der Waals surface area contributed by atoms with E-state index in [4.69, 9.17) is 0 Å².